The number of rotatable bonds is 6. The average Bonchev–Trinajstić information content (AvgIpc) is 3.40. The summed E-state index contributed by atoms with van der Waals surface area (Å²) in [6, 6.07) is 26.9. The fraction of sp³-hybridized carbons (Fsp3) is 0.172. The van der Waals surface area contributed by atoms with Crippen LogP contribution in [0, 0.1) is 0 Å². The number of benzene rings is 3. The zero-order chi connectivity index (χ0) is 26.5. The summed E-state index contributed by atoms with van der Waals surface area (Å²) in [7, 11) is 0. The van der Waals surface area contributed by atoms with E-state index in [2.05, 4.69) is 62.9 Å². The Kier molecular flexibility index (Phi) is 8.29. The van der Waals surface area contributed by atoms with Crippen LogP contribution in [0.25, 0.3) is 11.3 Å². The lowest BCUT2D eigenvalue weighted by molar-refractivity contribution is 0.0951. The Hall–Kier alpha value is -3.36. The molecule has 2 heterocycles. The molecular formula is C29H26Cl2N4O2S. The number of nitrogens with zero attached hydrogens (tertiary/aromatic N) is 2. The lowest BCUT2D eigenvalue weighted by Crippen LogP contribution is -2.45. The number of carbonyl (C=O) groups is 1. The molecule has 1 aliphatic heterocycles. The van der Waals surface area contributed by atoms with Crippen LogP contribution in [-0.4, -0.2) is 42.1 Å². The topological polar surface area (TPSA) is 60.8 Å². The predicted molar refractivity (Wildman–Crippen MR) is 158 cm³/mol. The molecule has 0 aliphatic carbocycles. The first kappa shape index (κ1) is 26.3. The Morgan fingerprint density at radius 3 is 2.34 bits per heavy atom. The smallest absolute Gasteiger partial charge is 0.293 e. The minimum atomic E-state index is -0.455. The minimum absolute atomic E-state index is 0.122. The van der Waals surface area contributed by atoms with Gasteiger partial charge in [0, 0.05) is 54.7 Å². The van der Waals surface area contributed by atoms with Gasteiger partial charge in [-0.05, 0) is 72.4 Å². The van der Waals surface area contributed by atoms with Crippen LogP contribution in [0.2, 0.25) is 10.0 Å². The monoisotopic (exact) mass is 564 g/mol. The van der Waals surface area contributed by atoms with Gasteiger partial charge in [-0.15, -0.1) is 0 Å². The van der Waals surface area contributed by atoms with Crippen molar-refractivity contribution in [3.05, 3.63) is 106 Å². The number of amides is 1. The standard InChI is InChI=1S/C29H26Cl2N4O2S/c30-21-6-11-24(25(31)18-21)26-12-13-27(37-26)28(36)33-29(38)32-22-7-9-23(10-8-22)35-16-14-34(15-17-35)19-20-4-2-1-3-5-20/h1-13,18H,14-17,19H2,(H2,32,33,36,38). The van der Waals surface area contributed by atoms with Crippen LogP contribution in [0.4, 0.5) is 11.4 Å². The molecule has 1 aromatic heterocycles. The summed E-state index contributed by atoms with van der Waals surface area (Å²) < 4.78 is 5.69. The maximum Gasteiger partial charge on any atom is 0.293 e. The largest absolute Gasteiger partial charge is 0.451 e. The van der Waals surface area contributed by atoms with E-state index in [1.54, 1.807) is 30.3 Å². The summed E-state index contributed by atoms with van der Waals surface area (Å²) in [5.74, 6) is 0.132. The fourth-order valence-corrected chi connectivity index (χ4v) is 5.09. The number of thiocarbonyl (C=S) groups is 1. The van der Waals surface area contributed by atoms with Gasteiger partial charge in [-0.1, -0.05) is 53.5 Å². The molecule has 0 unspecified atom stereocenters. The second-order valence-electron chi connectivity index (χ2n) is 8.99. The molecule has 38 heavy (non-hydrogen) atoms. The van der Waals surface area contributed by atoms with Crippen LogP contribution in [0.3, 0.4) is 0 Å². The second kappa shape index (κ2) is 12.0. The van der Waals surface area contributed by atoms with Crippen molar-refractivity contribution in [3.63, 3.8) is 0 Å². The van der Waals surface area contributed by atoms with E-state index in [0.29, 0.717) is 21.4 Å². The van der Waals surface area contributed by atoms with E-state index < -0.39 is 5.91 Å². The van der Waals surface area contributed by atoms with Gasteiger partial charge in [-0.3, -0.25) is 15.0 Å². The lowest BCUT2D eigenvalue weighted by Gasteiger charge is -2.36. The van der Waals surface area contributed by atoms with Crippen molar-refractivity contribution in [1.29, 1.82) is 0 Å². The molecule has 6 nitrogen and oxygen atoms in total. The Morgan fingerprint density at radius 1 is 0.895 bits per heavy atom. The van der Waals surface area contributed by atoms with Crippen molar-refractivity contribution in [3.8, 4) is 11.3 Å². The number of nitrogens with one attached hydrogen (secondary N) is 2. The Labute approximate surface area is 237 Å². The summed E-state index contributed by atoms with van der Waals surface area (Å²) >= 11 is 17.5. The van der Waals surface area contributed by atoms with Gasteiger partial charge in [0.2, 0.25) is 0 Å². The molecule has 4 aromatic rings. The molecule has 1 aliphatic rings. The molecule has 0 spiro atoms. The number of anilines is 2. The first-order valence-corrected chi connectivity index (χ1v) is 13.4. The third-order valence-electron chi connectivity index (χ3n) is 6.37. The summed E-state index contributed by atoms with van der Waals surface area (Å²) in [5, 5.41) is 6.85. The molecule has 1 fully saturated rings. The molecule has 0 radical (unpaired) electrons. The number of carbonyl (C=O) groups excluding carboxylic acids is 1. The molecule has 194 valence electrons. The van der Waals surface area contributed by atoms with Gasteiger partial charge in [0.25, 0.3) is 5.91 Å². The molecular weight excluding hydrogens is 539 g/mol. The van der Waals surface area contributed by atoms with E-state index in [-0.39, 0.29) is 10.9 Å². The average molecular weight is 566 g/mol. The van der Waals surface area contributed by atoms with Gasteiger partial charge in [-0.2, -0.15) is 0 Å². The van der Waals surface area contributed by atoms with Gasteiger partial charge >= 0.3 is 0 Å². The van der Waals surface area contributed by atoms with Gasteiger partial charge in [-0.25, -0.2) is 0 Å². The molecule has 1 amide bonds. The lowest BCUT2D eigenvalue weighted by atomic mass is 10.2. The highest BCUT2D eigenvalue weighted by Gasteiger charge is 2.18. The van der Waals surface area contributed by atoms with E-state index in [4.69, 9.17) is 39.8 Å². The third-order valence-corrected chi connectivity index (χ3v) is 7.12. The molecule has 1 saturated heterocycles. The SMILES string of the molecule is O=C(NC(=S)Nc1ccc(N2CCN(Cc3ccccc3)CC2)cc1)c1ccc(-c2ccc(Cl)cc2Cl)o1. The van der Waals surface area contributed by atoms with E-state index >= 15 is 0 Å². The first-order chi connectivity index (χ1) is 18.4. The molecule has 0 saturated carbocycles. The highest BCUT2D eigenvalue weighted by molar-refractivity contribution is 7.80. The minimum Gasteiger partial charge on any atom is -0.451 e. The number of halogens is 2. The number of hydrogen-bond donors (Lipinski definition) is 2. The Balaban J connectivity index is 1.11. The number of furan rings is 1. The van der Waals surface area contributed by atoms with Crippen molar-refractivity contribution in [1.82, 2.24) is 10.2 Å². The van der Waals surface area contributed by atoms with Crippen LogP contribution in [-0.2, 0) is 6.54 Å². The van der Waals surface area contributed by atoms with E-state index in [9.17, 15) is 4.79 Å². The van der Waals surface area contributed by atoms with Crippen LogP contribution in [0.5, 0.6) is 0 Å². The summed E-state index contributed by atoms with van der Waals surface area (Å²) in [5.41, 5.74) is 3.94. The maximum absolute atomic E-state index is 12.6. The number of hydrogen-bond acceptors (Lipinski definition) is 5. The van der Waals surface area contributed by atoms with Crippen LogP contribution < -0.4 is 15.5 Å². The predicted octanol–water partition coefficient (Wildman–Crippen LogP) is 6.70. The van der Waals surface area contributed by atoms with Crippen molar-refractivity contribution in [2.75, 3.05) is 36.4 Å². The van der Waals surface area contributed by atoms with Crippen molar-refractivity contribution in [2.24, 2.45) is 0 Å². The zero-order valence-electron chi connectivity index (χ0n) is 20.5. The third kappa shape index (κ3) is 6.55. The summed E-state index contributed by atoms with van der Waals surface area (Å²) in [6.45, 7) is 4.96. The molecule has 0 bridgehead atoms. The van der Waals surface area contributed by atoms with Crippen LogP contribution in [0.15, 0.2) is 89.3 Å². The van der Waals surface area contributed by atoms with Gasteiger partial charge < -0.3 is 14.6 Å². The molecule has 0 atom stereocenters. The quantitative estimate of drug-likeness (QED) is 0.254. The molecule has 3 aromatic carbocycles. The maximum atomic E-state index is 12.6. The van der Waals surface area contributed by atoms with Crippen molar-refractivity contribution >= 4 is 57.8 Å². The summed E-state index contributed by atoms with van der Waals surface area (Å²) in [6.07, 6.45) is 0. The van der Waals surface area contributed by atoms with Crippen molar-refractivity contribution < 1.29 is 9.21 Å². The van der Waals surface area contributed by atoms with E-state index in [1.807, 2.05) is 12.1 Å². The molecule has 9 heteroatoms. The van der Waals surface area contributed by atoms with Crippen LogP contribution >= 0.6 is 35.4 Å². The van der Waals surface area contributed by atoms with Gasteiger partial charge in [0.05, 0.1) is 5.02 Å². The molecule has 5 rings (SSSR count). The fourth-order valence-electron chi connectivity index (χ4n) is 4.38. The Bertz CT molecular complexity index is 1420. The van der Waals surface area contributed by atoms with Gasteiger partial charge in [0.1, 0.15) is 5.76 Å². The number of piperazine rings is 1. The van der Waals surface area contributed by atoms with Crippen molar-refractivity contribution in [2.45, 2.75) is 6.54 Å². The highest BCUT2D eigenvalue weighted by Crippen LogP contribution is 2.31. The van der Waals surface area contributed by atoms with E-state index in [0.717, 1.165) is 44.1 Å². The highest BCUT2D eigenvalue weighted by atomic mass is 35.5. The van der Waals surface area contributed by atoms with E-state index in [1.165, 1.54) is 5.56 Å². The first-order valence-electron chi connectivity index (χ1n) is 12.2. The molecule has 2 N–H and O–H groups in total. The van der Waals surface area contributed by atoms with Gasteiger partial charge in [0.15, 0.2) is 10.9 Å². The second-order valence-corrected chi connectivity index (χ2v) is 10.2. The van der Waals surface area contributed by atoms with Crippen LogP contribution in [0.1, 0.15) is 16.1 Å². The zero-order valence-corrected chi connectivity index (χ0v) is 22.8. The summed E-state index contributed by atoms with van der Waals surface area (Å²) in [4.78, 5) is 17.5. The normalized spacial score (nSPS) is 13.8. The Morgan fingerprint density at radius 2 is 1.63 bits per heavy atom.